The normalized spacial score (nSPS) is 22.2. The molecule has 0 bridgehead atoms. The monoisotopic (exact) mass is 804 g/mol. The van der Waals surface area contributed by atoms with Gasteiger partial charge in [0.1, 0.15) is 36.6 Å². The predicted octanol–water partition coefficient (Wildman–Crippen LogP) is 7.50. The minimum absolute atomic E-state index is 0.264. The summed E-state index contributed by atoms with van der Waals surface area (Å²) in [7, 11) is 0. The lowest BCUT2D eigenvalue weighted by Crippen LogP contribution is -2.60. The fourth-order valence-electron chi connectivity index (χ4n) is 7.72. The van der Waals surface area contributed by atoms with Gasteiger partial charge in [-0.2, -0.15) is 0 Å². The molecule has 1 heterocycles. The van der Waals surface area contributed by atoms with Gasteiger partial charge in [0.2, 0.25) is 5.91 Å². The van der Waals surface area contributed by atoms with Gasteiger partial charge >= 0.3 is 0 Å². The van der Waals surface area contributed by atoms with Crippen LogP contribution >= 0.6 is 0 Å². The van der Waals surface area contributed by atoms with Gasteiger partial charge in [-0.05, 0) is 12.8 Å². The van der Waals surface area contributed by atoms with Gasteiger partial charge in [-0.1, -0.05) is 200 Å². The van der Waals surface area contributed by atoms with E-state index < -0.39 is 74.2 Å². The summed E-state index contributed by atoms with van der Waals surface area (Å²) in [5.41, 5.74) is 0. The molecule has 9 atom stereocenters. The molecule has 1 fully saturated rings. The van der Waals surface area contributed by atoms with E-state index in [4.69, 9.17) is 9.47 Å². The molecule has 0 aromatic heterocycles. The fourth-order valence-corrected chi connectivity index (χ4v) is 7.72. The zero-order valence-electron chi connectivity index (χ0n) is 35.9. The number of aliphatic hydroxyl groups excluding tert-OH is 7. The lowest BCUT2D eigenvalue weighted by atomic mass is 9.99. The van der Waals surface area contributed by atoms with Gasteiger partial charge in [-0.15, -0.1) is 0 Å². The first-order valence-corrected chi connectivity index (χ1v) is 23.4. The summed E-state index contributed by atoms with van der Waals surface area (Å²) >= 11 is 0. The average Bonchev–Trinajstić information content (AvgIpc) is 3.20. The van der Waals surface area contributed by atoms with E-state index >= 15 is 0 Å². The Hall–Kier alpha value is -0.890. The molecule has 0 aliphatic carbocycles. The molecular weight excluding hydrogens is 714 g/mol. The average molecular weight is 804 g/mol. The molecule has 56 heavy (non-hydrogen) atoms. The highest BCUT2D eigenvalue weighted by molar-refractivity contribution is 5.80. The summed E-state index contributed by atoms with van der Waals surface area (Å²) in [6, 6.07) is -1.16. The Balaban J connectivity index is 2.09. The molecule has 334 valence electrons. The molecule has 0 radical (unpaired) electrons. The highest BCUT2D eigenvalue weighted by atomic mass is 16.7. The summed E-state index contributed by atoms with van der Waals surface area (Å²) in [5.74, 6) is -0.705. The maximum absolute atomic E-state index is 12.9. The van der Waals surface area contributed by atoms with Crippen molar-refractivity contribution < 1.29 is 50.0 Å². The molecule has 0 saturated carbocycles. The first-order valence-electron chi connectivity index (χ1n) is 23.4. The number of amides is 1. The van der Waals surface area contributed by atoms with E-state index in [1.165, 1.54) is 148 Å². The number of carbonyl (C=O) groups excluding carboxylic acids is 1. The molecule has 11 heteroatoms. The van der Waals surface area contributed by atoms with E-state index in [1.54, 1.807) is 0 Å². The van der Waals surface area contributed by atoms with E-state index in [9.17, 15) is 40.5 Å². The number of rotatable bonds is 39. The van der Waals surface area contributed by atoms with Gasteiger partial charge in [-0.3, -0.25) is 4.79 Å². The molecule has 0 aromatic rings. The maximum Gasteiger partial charge on any atom is 0.249 e. The molecule has 8 N–H and O–H groups in total. The molecule has 1 aliphatic heterocycles. The van der Waals surface area contributed by atoms with Crippen molar-refractivity contribution in [1.29, 1.82) is 0 Å². The largest absolute Gasteiger partial charge is 0.394 e. The van der Waals surface area contributed by atoms with Crippen LogP contribution < -0.4 is 5.32 Å². The van der Waals surface area contributed by atoms with Crippen molar-refractivity contribution >= 4 is 5.91 Å². The van der Waals surface area contributed by atoms with Crippen LogP contribution in [0.15, 0.2) is 0 Å². The SMILES string of the molecule is CCCCCCCCCCCCCCCCCCCCCCCCCCCCCC(O)C(=O)NC(COC1OC(CO)C(O)C(O)C1O)C(O)C(O)CCCC. The van der Waals surface area contributed by atoms with Crippen LogP contribution in [-0.2, 0) is 14.3 Å². The highest BCUT2D eigenvalue weighted by Crippen LogP contribution is 2.23. The lowest BCUT2D eigenvalue weighted by Gasteiger charge is -2.40. The fraction of sp³-hybridized carbons (Fsp3) is 0.978. The van der Waals surface area contributed by atoms with Crippen LogP contribution in [0, 0.1) is 0 Å². The summed E-state index contributed by atoms with van der Waals surface area (Å²) in [4.78, 5) is 12.9. The van der Waals surface area contributed by atoms with Crippen molar-refractivity contribution in [1.82, 2.24) is 5.32 Å². The van der Waals surface area contributed by atoms with Crippen LogP contribution in [0.2, 0.25) is 0 Å². The van der Waals surface area contributed by atoms with Gasteiger partial charge in [-0.25, -0.2) is 0 Å². The number of nitrogens with one attached hydrogen (secondary N) is 1. The molecule has 0 spiro atoms. The quantitative estimate of drug-likeness (QED) is 0.0289. The summed E-state index contributed by atoms with van der Waals surface area (Å²) in [6.45, 7) is 3.17. The number of hydrogen-bond acceptors (Lipinski definition) is 10. The van der Waals surface area contributed by atoms with E-state index in [0.717, 1.165) is 25.7 Å². The summed E-state index contributed by atoms with van der Waals surface area (Å²) < 4.78 is 10.9. The molecule has 11 nitrogen and oxygen atoms in total. The maximum atomic E-state index is 12.9. The number of ether oxygens (including phenoxy) is 2. The molecule has 9 unspecified atom stereocenters. The van der Waals surface area contributed by atoms with E-state index in [1.807, 2.05) is 6.92 Å². The third kappa shape index (κ3) is 25.6. The van der Waals surface area contributed by atoms with Gasteiger partial charge in [0.05, 0.1) is 25.4 Å². The zero-order chi connectivity index (χ0) is 41.2. The minimum Gasteiger partial charge on any atom is -0.394 e. The van der Waals surface area contributed by atoms with Crippen LogP contribution in [0.1, 0.15) is 213 Å². The molecule has 0 aromatic carbocycles. The molecule has 1 rings (SSSR count). The Morgan fingerprint density at radius 3 is 1.34 bits per heavy atom. The second-order valence-corrected chi connectivity index (χ2v) is 16.8. The molecule has 1 amide bonds. The minimum atomic E-state index is -1.65. The first kappa shape index (κ1) is 53.1. The van der Waals surface area contributed by atoms with Crippen LogP contribution in [0.3, 0.4) is 0 Å². The highest BCUT2D eigenvalue weighted by Gasteiger charge is 2.44. The van der Waals surface area contributed by atoms with E-state index in [-0.39, 0.29) is 12.8 Å². The Kier molecular flexibility index (Phi) is 34.2. The van der Waals surface area contributed by atoms with Gasteiger partial charge in [0.25, 0.3) is 0 Å². The Morgan fingerprint density at radius 2 is 0.946 bits per heavy atom. The smallest absolute Gasteiger partial charge is 0.249 e. The van der Waals surface area contributed by atoms with Crippen molar-refractivity contribution in [2.75, 3.05) is 13.2 Å². The topological polar surface area (TPSA) is 189 Å². The van der Waals surface area contributed by atoms with Crippen molar-refractivity contribution in [3.8, 4) is 0 Å². The van der Waals surface area contributed by atoms with Crippen LogP contribution in [0.25, 0.3) is 0 Å². The van der Waals surface area contributed by atoms with Crippen LogP contribution in [-0.4, -0.2) is 110 Å². The lowest BCUT2D eigenvalue weighted by molar-refractivity contribution is -0.303. The second kappa shape index (κ2) is 36.0. The van der Waals surface area contributed by atoms with Crippen molar-refractivity contribution in [3.63, 3.8) is 0 Å². The van der Waals surface area contributed by atoms with E-state index in [2.05, 4.69) is 12.2 Å². The first-order chi connectivity index (χ1) is 27.2. The summed E-state index contributed by atoms with van der Waals surface area (Å²) in [5, 5.41) is 74.3. The standard InChI is InChI=1S/C45H89NO10/c1-3-5-7-8-9-10-11-12-13-14-15-16-17-18-19-20-21-22-23-24-25-26-27-28-29-30-31-33-38(49)44(54)46-36(40(50)37(48)32-6-4-2)35-55-45-43(53)42(52)41(51)39(34-47)56-45/h36-43,45,47-53H,3-35H2,1-2H3,(H,46,54). The Bertz CT molecular complexity index is 882. The van der Waals surface area contributed by atoms with Gasteiger partial charge in [0, 0.05) is 0 Å². The van der Waals surface area contributed by atoms with Crippen molar-refractivity contribution in [3.05, 3.63) is 0 Å². The van der Waals surface area contributed by atoms with Gasteiger partial charge in [0.15, 0.2) is 6.29 Å². The molecular formula is C45H89NO10. The second-order valence-electron chi connectivity index (χ2n) is 16.8. The third-order valence-corrected chi connectivity index (χ3v) is 11.7. The molecule has 1 saturated heterocycles. The Labute approximate surface area is 341 Å². The van der Waals surface area contributed by atoms with Crippen molar-refractivity contribution in [2.24, 2.45) is 0 Å². The van der Waals surface area contributed by atoms with E-state index in [0.29, 0.717) is 12.8 Å². The van der Waals surface area contributed by atoms with Crippen molar-refractivity contribution in [2.45, 2.75) is 268 Å². The van der Waals surface area contributed by atoms with Crippen LogP contribution in [0.4, 0.5) is 0 Å². The number of aliphatic hydroxyl groups is 7. The molecule has 1 aliphatic rings. The number of hydrogen-bond donors (Lipinski definition) is 8. The zero-order valence-corrected chi connectivity index (χ0v) is 35.9. The number of carbonyl (C=O) groups is 1. The Morgan fingerprint density at radius 1 is 0.554 bits per heavy atom. The predicted molar refractivity (Wildman–Crippen MR) is 224 cm³/mol. The van der Waals surface area contributed by atoms with Gasteiger partial charge < -0.3 is 50.5 Å². The summed E-state index contributed by atoms with van der Waals surface area (Å²) in [6.07, 6.45) is 26.2. The number of unbranched alkanes of at least 4 members (excludes halogenated alkanes) is 27. The van der Waals surface area contributed by atoms with Crippen LogP contribution in [0.5, 0.6) is 0 Å². The third-order valence-electron chi connectivity index (χ3n) is 11.7.